The highest BCUT2D eigenvalue weighted by Crippen LogP contribution is 2.23. The Balaban J connectivity index is 2.86. The molecule has 0 aromatic carbocycles. The van der Waals surface area contributed by atoms with Crippen LogP contribution in [0.1, 0.15) is 6.42 Å². The molecule has 11 nitrogen and oxygen atoms in total. The summed E-state index contributed by atoms with van der Waals surface area (Å²) in [6, 6.07) is 0. The van der Waals surface area contributed by atoms with E-state index in [4.69, 9.17) is 26.7 Å². The lowest BCUT2D eigenvalue weighted by Crippen LogP contribution is -2.62. The average molecular weight is 307 g/mol. The fraction of sp³-hybridized carbons (Fsp3) is 0.700. The van der Waals surface area contributed by atoms with Gasteiger partial charge in [-0.3, -0.25) is 14.4 Å². The van der Waals surface area contributed by atoms with Gasteiger partial charge in [0, 0.05) is 0 Å². The van der Waals surface area contributed by atoms with Gasteiger partial charge in [-0.05, 0) is 0 Å². The zero-order chi connectivity index (χ0) is 16.3. The molecule has 1 aliphatic heterocycles. The van der Waals surface area contributed by atoms with Crippen LogP contribution < -0.4 is 17.2 Å². The van der Waals surface area contributed by atoms with E-state index in [0.717, 1.165) is 0 Å². The Kier molecular flexibility index (Phi) is 5.57. The molecule has 0 aliphatic carbocycles. The number of primary amides is 3. The second-order valence-corrected chi connectivity index (χ2v) is 4.50. The van der Waals surface area contributed by atoms with Crippen molar-refractivity contribution < 1.29 is 39.2 Å². The SMILES string of the molecule is NC(=O)CC(O[C@H]1OC(C(N)=O)C(O)C(O)C1O)C(N)=O. The molecule has 1 fully saturated rings. The molecule has 5 unspecified atom stereocenters. The number of ether oxygens (including phenoxy) is 2. The molecule has 1 saturated heterocycles. The van der Waals surface area contributed by atoms with Crippen LogP contribution in [0.5, 0.6) is 0 Å². The lowest BCUT2D eigenvalue weighted by atomic mass is 9.98. The van der Waals surface area contributed by atoms with E-state index in [1.807, 2.05) is 0 Å². The zero-order valence-corrected chi connectivity index (χ0v) is 10.8. The number of aliphatic hydroxyl groups excluding tert-OH is 3. The first-order chi connectivity index (χ1) is 9.65. The average Bonchev–Trinajstić information content (AvgIpc) is 2.37. The van der Waals surface area contributed by atoms with E-state index < -0.39 is 61.0 Å². The first kappa shape index (κ1) is 17.3. The van der Waals surface area contributed by atoms with E-state index >= 15 is 0 Å². The number of hydrogen-bond acceptors (Lipinski definition) is 8. The Bertz CT molecular complexity index is 431. The van der Waals surface area contributed by atoms with E-state index in [0.29, 0.717) is 0 Å². The van der Waals surface area contributed by atoms with E-state index in [9.17, 15) is 29.7 Å². The smallest absolute Gasteiger partial charge is 0.249 e. The van der Waals surface area contributed by atoms with Crippen molar-refractivity contribution in [3.05, 3.63) is 0 Å². The Morgan fingerprint density at radius 2 is 1.62 bits per heavy atom. The quantitative estimate of drug-likeness (QED) is 0.279. The Morgan fingerprint density at radius 3 is 2.05 bits per heavy atom. The third-order valence-corrected chi connectivity index (χ3v) is 2.85. The summed E-state index contributed by atoms with van der Waals surface area (Å²) in [5.41, 5.74) is 14.9. The van der Waals surface area contributed by atoms with Crippen LogP contribution in [0.25, 0.3) is 0 Å². The molecule has 0 bridgehead atoms. The van der Waals surface area contributed by atoms with Crippen LogP contribution in [0.3, 0.4) is 0 Å². The number of aliphatic hydroxyl groups is 3. The molecule has 0 aromatic rings. The molecule has 0 aromatic heterocycles. The van der Waals surface area contributed by atoms with Crippen molar-refractivity contribution in [1.29, 1.82) is 0 Å². The molecule has 120 valence electrons. The lowest BCUT2D eigenvalue weighted by molar-refractivity contribution is -0.297. The maximum Gasteiger partial charge on any atom is 0.249 e. The van der Waals surface area contributed by atoms with Crippen molar-refractivity contribution in [1.82, 2.24) is 0 Å². The predicted octanol–water partition coefficient (Wildman–Crippen LogP) is -4.97. The van der Waals surface area contributed by atoms with Crippen molar-refractivity contribution in [2.75, 3.05) is 0 Å². The molecule has 11 heteroatoms. The molecule has 0 saturated carbocycles. The number of carbonyl (C=O) groups is 3. The van der Waals surface area contributed by atoms with Gasteiger partial charge >= 0.3 is 0 Å². The molecule has 3 amide bonds. The highest BCUT2D eigenvalue weighted by Gasteiger charge is 2.47. The predicted molar refractivity (Wildman–Crippen MR) is 63.8 cm³/mol. The third-order valence-electron chi connectivity index (χ3n) is 2.85. The van der Waals surface area contributed by atoms with Gasteiger partial charge in [-0.2, -0.15) is 0 Å². The minimum Gasteiger partial charge on any atom is -0.387 e. The molecule has 1 heterocycles. The van der Waals surface area contributed by atoms with Crippen molar-refractivity contribution in [3.63, 3.8) is 0 Å². The summed E-state index contributed by atoms with van der Waals surface area (Å²) < 4.78 is 9.84. The topological polar surface area (TPSA) is 208 Å². The largest absolute Gasteiger partial charge is 0.387 e. The van der Waals surface area contributed by atoms with Crippen LogP contribution in [-0.2, 0) is 23.9 Å². The molecular weight excluding hydrogens is 290 g/mol. The molecule has 1 aliphatic rings. The second-order valence-electron chi connectivity index (χ2n) is 4.50. The lowest BCUT2D eigenvalue weighted by Gasteiger charge is -2.39. The Labute approximate surface area is 118 Å². The number of carbonyl (C=O) groups excluding carboxylic acids is 3. The minimum absolute atomic E-state index is 0.595. The van der Waals surface area contributed by atoms with Crippen LogP contribution in [-0.4, -0.2) is 69.9 Å². The van der Waals surface area contributed by atoms with Crippen LogP contribution in [0.15, 0.2) is 0 Å². The fourth-order valence-corrected chi connectivity index (χ4v) is 1.76. The Morgan fingerprint density at radius 1 is 1.05 bits per heavy atom. The number of rotatable bonds is 6. The van der Waals surface area contributed by atoms with Gasteiger partial charge in [0.25, 0.3) is 0 Å². The summed E-state index contributed by atoms with van der Waals surface area (Å²) in [5.74, 6) is -3.09. The molecule has 0 spiro atoms. The van der Waals surface area contributed by atoms with Crippen molar-refractivity contribution >= 4 is 17.7 Å². The number of amides is 3. The maximum atomic E-state index is 11.1. The fourth-order valence-electron chi connectivity index (χ4n) is 1.76. The summed E-state index contributed by atoms with van der Waals surface area (Å²) >= 11 is 0. The van der Waals surface area contributed by atoms with Gasteiger partial charge in [-0.15, -0.1) is 0 Å². The number of nitrogens with two attached hydrogens (primary N) is 3. The van der Waals surface area contributed by atoms with Crippen molar-refractivity contribution in [2.24, 2.45) is 17.2 Å². The third kappa shape index (κ3) is 4.09. The first-order valence-corrected chi connectivity index (χ1v) is 5.87. The van der Waals surface area contributed by atoms with Crippen LogP contribution >= 0.6 is 0 Å². The number of hydrogen-bond donors (Lipinski definition) is 6. The molecule has 1 rings (SSSR count). The van der Waals surface area contributed by atoms with E-state index in [-0.39, 0.29) is 0 Å². The summed E-state index contributed by atoms with van der Waals surface area (Å²) in [4.78, 5) is 33.0. The molecule has 9 N–H and O–H groups in total. The molecule has 6 atom stereocenters. The molecule has 21 heavy (non-hydrogen) atoms. The second kappa shape index (κ2) is 6.78. The summed E-state index contributed by atoms with van der Waals surface area (Å²) in [7, 11) is 0. The highest BCUT2D eigenvalue weighted by atomic mass is 16.7. The van der Waals surface area contributed by atoms with Crippen LogP contribution in [0, 0.1) is 0 Å². The van der Waals surface area contributed by atoms with E-state index in [2.05, 4.69) is 0 Å². The van der Waals surface area contributed by atoms with Gasteiger partial charge in [0.05, 0.1) is 6.42 Å². The molecule has 0 radical (unpaired) electrons. The first-order valence-electron chi connectivity index (χ1n) is 5.87. The van der Waals surface area contributed by atoms with Gasteiger partial charge in [0.1, 0.15) is 24.4 Å². The van der Waals surface area contributed by atoms with Gasteiger partial charge in [0.2, 0.25) is 17.7 Å². The van der Waals surface area contributed by atoms with E-state index in [1.165, 1.54) is 0 Å². The zero-order valence-electron chi connectivity index (χ0n) is 10.8. The highest BCUT2D eigenvalue weighted by molar-refractivity contribution is 5.85. The van der Waals surface area contributed by atoms with Gasteiger partial charge < -0.3 is 42.0 Å². The van der Waals surface area contributed by atoms with Crippen LogP contribution in [0.4, 0.5) is 0 Å². The van der Waals surface area contributed by atoms with Crippen molar-refractivity contribution in [2.45, 2.75) is 43.2 Å². The Hall–Kier alpha value is -1.79. The summed E-state index contributed by atoms with van der Waals surface area (Å²) in [6.07, 6.45) is -10.9. The van der Waals surface area contributed by atoms with Gasteiger partial charge in [-0.25, -0.2) is 0 Å². The van der Waals surface area contributed by atoms with Crippen LogP contribution in [0.2, 0.25) is 0 Å². The monoisotopic (exact) mass is 307 g/mol. The minimum atomic E-state index is -1.82. The van der Waals surface area contributed by atoms with Gasteiger partial charge in [0.15, 0.2) is 12.4 Å². The normalized spacial score (nSPS) is 34.1. The van der Waals surface area contributed by atoms with E-state index in [1.54, 1.807) is 0 Å². The maximum absolute atomic E-state index is 11.1. The summed E-state index contributed by atoms with van der Waals surface area (Å²) in [5, 5.41) is 28.8. The summed E-state index contributed by atoms with van der Waals surface area (Å²) in [6.45, 7) is 0. The standard InChI is InChI=1S/C10H17N3O8/c11-3(14)1-2(8(12)18)20-10-6(17)4(15)5(16)7(21-10)9(13)19/h2,4-7,10,15-17H,1H2,(H2,11,14)(H2,12,18)(H2,13,19)/t2?,4?,5?,6?,7?,10-/m0/s1. The van der Waals surface area contributed by atoms with Crippen molar-refractivity contribution in [3.8, 4) is 0 Å². The van der Waals surface area contributed by atoms with Gasteiger partial charge in [-0.1, -0.05) is 0 Å². The molecular formula is C10H17N3O8.